The van der Waals surface area contributed by atoms with Crippen molar-refractivity contribution in [1.29, 1.82) is 0 Å². The maximum atomic E-state index is 13.2. The van der Waals surface area contributed by atoms with Crippen molar-refractivity contribution in [2.24, 2.45) is 0 Å². The fraction of sp³-hybridized carbons (Fsp3) is 0.261. The van der Waals surface area contributed by atoms with E-state index in [0.29, 0.717) is 12.2 Å². The quantitative estimate of drug-likeness (QED) is 0.723. The third-order valence-corrected chi connectivity index (χ3v) is 5.44. The molecule has 6 heteroatoms. The molecule has 0 unspecified atom stereocenters. The second kappa shape index (κ2) is 7.54. The fourth-order valence-electron chi connectivity index (χ4n) is 3.89. The van der Waals surface area contributed by atoms with Crippen LogP contribution in [0.2, 0.25) is 0 Å². The summed E-state index contributed by atoms with van der Waals surface area (Å²) in [6.45, 7) is 2.44. The van der Waals surface area contributed by atoms with Gasteiger partial charge in [0.15, 0.2) is 5.69 Å². The summed E-state index contributed by atoms with van der Waals surface area (Å²) in [5, 5.41) is 13.7. The van der Waals surface area contributed by atoms with E-state index in [9.17, 15) is 9.59 Å². The Hall–Kier alpha value is -3.41. The van der Waals surface area contributed by atoms with Gasteiger partial charge in [-0.2, -0.15) is 5.10 Å². The molecule has 0 fully saturated rings. The van der Waals surface area contributed by atoms with Crippen LogP contribution in [0.25, 0.3) is 5.69 Å². The van der Waals surface area contributed by atoms with Gasteiger partial charge in [-0.3, -0.25) is 4.79 Å². The molecule has 1 aliphatic carbocycles. The number of nitrogens with zero attached hydrogens (tertiary/aromatic N) is 3. The minimum absolute atomic E-state index is 0.113. The number of hydrogen-bond donors (Lipinski definition) is 1. The molecule has 4 rings (SSSR count). The first-order valence-corrected chi connectivity index (χ1v) is 9.70. The number of carbonyl (C=O) groups is 2. The highest BCUT2D eigenvalue weighted by Crippen LogP contribution is 2.29. The molecule has 0 saturated heterocycles. The minimum Gasteiger partial charge on any atom is -0.478 e. The summed E-state index contributed by atoms with van der Waals surface area (Å²) in [7, 11) is 1.75. The summed E-state index contributed by atoms with van der Waals surface area (Å²) < 4.78 is 1.93. The Morgan fingerprint density at radius 3 is 2.52 bits per heavy atom. The van der Waals surface area contributed by atoms with Gasteiger partial charge in [0.25, 0.3) is 5.91 Å². The number of hydrogen-bond acceptors (Lipinski definition) is 3. The first-order valence-electron chi connectivity index (χ1n) is 9.70. The standard InChI is InChI=1S/C23H23N3O3/c1-15-6-3-4-8-19(15)26-20-9-5-7-18(20)21(24-26)22(27)25(2)14-16-10-12-17(13-11-16)23(28)29/h3-4,6,8,10-13H,5,7,9,14H2,1-2H3,(H,28,29). The highest BCUT2D eigenvalue weighted by Gasteiger charge is 2.28. The predicted molar refractivity (Wildman–Crippen MR) is 110 cm³/mol. The minimum atomic E-state index is -0.960. The van der Waals surface area contributed by atoms with Crippen LogP contribution in [-0.4, -0.2) is 38.7 Å². The first kappa shape index (κ1) is 18.9. The van der Waals surface area contributed by atoms with Crippen molar-refractivity contribution in [3.63, 3.8) is 0 Å². The van der Waals surface area contributed by atoms with Crippen LogP contribution in [0.1, 0.15) is 49.7 Å². The number of benzene rings is 2. The van der Waals surface area contributed by atoms with E-state index in [-0.39, 0.29) is 11.5 Å². The lowest BCUT2D eigenvalue weighted by molar-refractivity contribution is 0.0695. The number of carboxylic acid groups (broad SMARTS) is 1. The Labute approximate surface area is 169 Å². The van der Waals surface area contributed by atoms with Gasteiger partial charge in [-0.1, -0.05) is 30.3 Å². The van der Waals surface area contributed by atoms with E-state index in [1.807, 2.05) is 35.9 Å². The molecular weight excluding hydrogens is 366 g/mol. The second-order valence-corrected chi connectivity index (χ2v) is 7.49. The number of fused-ring (bicyclic) bond motifs is 1. The monoisotopic (exact) mass is 389 g/mol. The molecule has 0 bridgehead atoms. The van der Waals surface area contributed by atoms with E-state index in [0.717, 1.165) is 47.3 Å². The van der Waals surface area contributed by atoms with Gasteiger partial charge in [0.2, 0.25) is 0 Å². The molecule has 1 N–H and O–H groups in total. The van der Waals surface area contributed by atoms with Crippen molar-refractivity contribution in [3.05, 3.63) is 82.2 Å². The Morgan fingerprint density at radius 2 is 1.83 bits per heavy atom. The normalized spacial score (nSPS) is 12.6. The van der Waals surface area contributed by atoms with Crippen LogP contribution >= 0.6 is 0 Å². The molecule has 1 heterocycles. The van der Waals surface area contributed by atoms with Gasteiger partial charge in [0.1, 0.15) is 0 Å². The topological polar surface area (TPSA) is 75.4 Å². The van der Waals surface area contributed by atoms with Crippen molar-refractivity contribution in [2.75, 3.05) is 7.05 Å². The lowest BCUT2D eigenvalue weighted by Crippen LogP contribution is -2.27. The average Bonchev–Trinajstić information content (AvgIpc) is 3.31. The second-order valence-electron chi connectivity index (χ2n) is 7.49. The number of aryl methyl sites for hydroxylation is 1. The summed E-state index contributed by atoms with van der Waals surface area (Å²) >= 11 is 0. The molecule has 0 spiro atoms. The molecule has 1 aromatic heterocycles. The summed E-state index contributed by atoms with van der Waals surface area (Å²) in [5.74, 6) is -1.07. The molecule has 0 saturated carbocycles. The maximum absolute atomic E-state index is 13.2. The Kier molecular flexibility index (Phi) is 4.92. The molecule has 1 amide bonds. The van der Waals surface area contributed by atoms with Gasteiger partial charge in [0.05, 0.1) is 11.3 Å². The van der Waals surface area contributed by atoms with E-state index >= 15 is 0 Å². The van der Waals surface area contributed by atoms with E-state index in [1.54, 1.807) is 36.2 Å². The zero-order valence-electron chi connectivity index (χ0n) is 16.6. The fourth-order valence-corrected chi connectivity index (χ4v) is 3.89. The summed E-state index contributed by atoms with van der Waals surface area (Å²) in [6, 6.07) is 14.7. The van der Waals surface area contributed by atoms with Gasteiger partial charge in [-0.15, -0.1) is 0 Å². The molecule has 148 valence electrons. The maximum Gasteiger partial charge on any atom is 0.335 e. The summed E-state index contributed by atoms with van der Waals surface area (Å²) in [6.07, 6.45) is 2.81. The SMILES string of the molecule is Cc1ccccc1-n1nc(C(=O)N(C)Cc2ccc(C(=O)O)cc2)c2c1CCC2. The predicted octanol–water partition coefficient (Wildman–Crippen LogP) is 3.64. The average molecular weight is 389 g/mol. The first-order chi connectivity index (χ1) is 14.0. The largest absolute Gasteiger partial charge is 0.478 e. The third kappa shape index (κ3) is 3.53. The number of carboxylic acids is 1. The third-order valence-electron chi connectivity index (χ3n) is 5.44. The Balaban J connectivity index is 1.61. The van der Waals surface area contributed by atoms with Crippen molar-refractivity contribution >= 4 is 11.9 Å². The van der Waals surface area contributed by atoms with Crippen LogP contribution in [-0.2, 0) is 19.4 Å². The van der Waals surface area contributed by atoms with E-state index < -0.39 is 5.97 Å². The smallest absolute Gasteiger partial charge is 0.335 e. The van der Waals surface area contributed by atoms with E-state index in [2.05, 4.69) is 0 Å². The highest BCUT2D eigenvalue weighted by molar-refractivity contribution is 5.94. The zero-order valence-corrected chi connectivity index (χ0v) is 16.6. The molecular formula is C23H23N3O3. The van der Waals surface area contributed by atoms with Crippen molar-refractivity contribution < 1.29 is 14.7 Å². The number of para-hydroxylation sites is 1. The molecule has 0 atom stereocenters. The lowest BCUT2D eigenvalue weighted by atomic mass is 10.1. The lowest BCUT2D eigenvalue weighted by Gasteiger charge is -2.17. The molecule has 2 aromatic carbocycles. The zero-order chi connectivity index (χ0) is 20.5. The van der Waals surface area contributed by atoms with Gasteiger partial charge < -0.3 is 10.0 Å². The van der Waals surface area contributed by atoms with Crippen LogP contribution in [0, 0.1) is 6.92 Å². The van der Waals surface area contributed by atoms with Crippen molar-refractivity contribution in [1.82, 2.24) is 14.7 Å². The van der Waals surface area contributed by atoms with Gasteiger partial charge in [0, 0.05) is 24.8 Å². The Morgan fingerprint density at radius 1 is 1.10 bits per heavy atom. The molecule has 3 aromatic rings. The van der Waals surface area contributed by atoms with E-state index in [4.69, 9.17) is 10.2 Å². The van der Waals surface area contributed by atoms with Crippen LogP contribution < -0.4 is 0 Å². The summed E-state index contributed by atoms with van der Waals surface area (Å²) in [4.78, 5) is 25.8. The van der Waals surface area contributed by atoms with Crippen LogP contribution in [0.3, 0.4) is 0 Å². The molecule has 1 aliphatic rings. The van der Waals surface area contributed by atoms with Crippen LogP contribution in [0.5, 0.6) is 0 Å². The van der Waals surface area contributed by atoms with Gasteiger partial charge in [-0.05, 0) is 55.5 Å². The van der Waals surface area contributed by atoms with E-state index in [1.165, 1.54) is 0 Å². The Bertz CT molecular complexity index is 1080. The van der Waals surface area contributed by atoms with Crippen LogP contribution in [0.4, 0.5) is 0 Å². The van der Waals surface area contributed by atoms with Gasteiger partial charge >= 0.3 is 5.97 Å². The number of aromatic carboxylic acids is 1. The van der Waals surface area contributed by atoms with Gasteiger partial charge in [-0.25, -0.2) is 9.48 Å². The van der Waals surface area contributed by atoms with Crippen LogP contribution in [0.15, 0.2) is 48.5 Å². The highest BCUT2D eigenvalue weighted by atomic mass is 16.4. The number of rotatable bonds is 5. The summed E-state index contributed by atoms with van der Waals surface area (Å²) in [5.41, 5.74) is 5.93. The molecule has 29 heavy (non-hydrogen) atoms. The number of aromatic nitrogens is 2. The molecule has 0 aliphatic heterocycles. The molecule has 0 radical (unpaired) electrons. The number of amides is 1. The number of carbonyl (C=O) groups excluding carboxylic acids is 1. The molecule has 6 nitrogen and oxygen atoms in total. The van der Waals surface area contributed by atoms with Crippen molar-refractivity contribution in [2.45, 2.75) is 32.7 Å². The van der Waals surface area contributed by atoms with Crippen molar-refractivity contribution in [3.8, 4) is 5.69 Å².